The standard InChI is InChI=1S/C12H16N2O5/c1-12(2,11(16)19-3)10(13)8-6-7(14(17)18)4-5-9(8)15/h4-6,10,15H,13H2,1-3H3/t10-/m0/s1. The first-order chi connectivity index (χ1) is 8.71. The number of carbonyl (C=O) groups excluding carboxylic acids is 1. The first kappa shape index (κ1) is 14.9. The molecule has 7 nitrogen and oxygen atoms in total. The van der Waals surface area contributed by atoms with Crippen LogP contribution < -0.4 is 5.73 Å². The van der Waals surface area contributed by atoms with Crippen LogP contribution in [-0.2, 0) is 9.53 Å². The highest BCUT2D eigenvalue weighted by atomic mass is 16.6. The van der Waals surface area contributed by atoms with Crippen molar-refractivity contribution in [3.8, 4) is 5.75 Å². The molecule has 0 aliphatic rings. The number of nitrogens with zero attached hydrogens (tertiary/aromatic N) is 1. The molecular weight excluding hydrogens is 252 g/mol. The summed E-state index contributed by atoms with van der Waals surface area (Å²) >= 11 is 0. The van der Waals surface area contributed by atoms with E-state index in [-0.39, 0.29) is 17.0 Å². The highest BCUT2D eigenvalue weighted by Crippen LogP contribution is 2.38. The van der Waals surface area contributed by atoms with Gasteiger partial charge in [0.2, 0.25) is 0 Å². The minimum absolute atomic E-state index is 0.129. The average molecular weight is 268 g/mol. The number of phenolic OH excluding ortho intramolecular Hbond substituents is 1. The van der Waals surface area contributed by atoms with Gasteiger partial charge in [0.15, 0.2) is 0 Å². The Morgan fingerprint density at radius 2 is 2.11 bits per heavy atom. The van der Waals surface area contributed by atoms with Gasteiger partial charge in [0.1, 0.15) is 5.75 Å². The third-order valence-corrected chi connectivity index (χ3v) is 3.05. The number of nitro groups is 1. The molecule has 0 aliphatic carbocycles. The number of phenols is 1. The van der Waals surface area contributed by atoms with Crippen LogP contribution in [0.1, 0.15) is 25.5 Å². The maximum Gasteiger partial charge on any atom is 0.313 e. The number of nitro benzene ring substituents is 1. The molecule has 0 saturated heterocycles. The van der Waals surface area contributed by atoms with Gasteiger partial charge in [-0.2, -0.15) is 0 Å². The van der Waals surface area contributed by atoms with Gasteiger partial charge in [0, 0.05) is 23.7 Å². The molecule has 1 atom stereocenters. The van der Waals surface area contributed by atoms with Gasteiger partial charge in [-0.15, -0.1) is 0 Å². The number of benzene rings is 1. The Bertz CT molecular complexity index is 513. The number of carbonyl (C=O) groups is 1. The van der Waals surface area contributed by atoms with E-state index >= 15 is 0 Å². The van der Waals surface area contributed by atoms with E-state index in [1.165, 1.54) is 13.2 Å². The third kappa shape index (κ3) is 2.82. The fraction of sp³-hybridized carbons (Fsp3) is 0.417. The summed E-state index contributed by atoms with van der Waals surface area (Å²) in [6.07, 6.45) is 0. The second kappa shape index (κ2) is 5.23. The van der Waals surface area contributed by atoms with Crippen molar-refractivity contribution < 1.29 is 19.6 Å². The normalized spacial score (nSPS) is 12.8. The Kier molecular flexibility index (Phi) is 4.10. The lowest BCUT2D eigenvalue weighted by Gasteiger charge is -2.29. The number of aromatic hydroxyl groups is 1. The summed E-state index contributed by atoms with van der Waals surface area (Å²) in [5, 5.41) is 20.5. The molecule has 0 fully saturated rings. The molecule has 0 radical (unpaired) electrons. The molecule has 7 heteroatoms. The molecular formula is C12H16N2O5. The van der Waals surface area contributed by atoms with Gasteiger partial charge >= 0.3 is 5.97 Å². The Labute approximate surface area is 110 Å². The van der Waals surface area contributed by atoms with Gasteiger partial charge in [0.05, 0.1) is 17.4 Å². The zero-order valence-electron chi connectivity index (χ0n) is 10.9. The second-order valence-electron chi connectivity index (χ2n) is 4.69. The lowest BCUT2D eigenvalue weighted by Crippen LogP contribution is -2.37. The predicted molar refractivity (Wildman–Crippen MR) is 67.5 cm³/mol. The first-order valence-electron chi connectivity index (χ1n) is 5.53. The van der Waals surface area contributed by atoms with E-state index in [1.807, 2.05) is 0 Å². The summed E-state index contributed by atoms with van der Waals surface area (Å²) in [5.74, 6) is -0.763. The van der Waals surface area contributed by atoms with Gasteiger partial charge in [0.25, 0.3) is 5.69 Å². The van der Waals surface area contributed by atoms with Gasteiger partial charge in [-0.3, -0.25) is 14.9 Å². The minimum atomic E-state index is -1.12. The van der Waals surface area contributed by atoms with E-state index in [0.717, 1.165) is 12.1 Å². The highest BCUT2D eigenvalue weighted by Gasteiger charge is 2.38. The molecule has 1 aromatic carbocycles. The lowest BCUT2D eigenvalue weighted by molar-refractivity contribution is -0.385. The van der Waals surface area contributed by atoms with Crippen LogP contribution in [0.3, 0.4) is 0 Å². The largest absolute Gasteiger partial charge is 0.508 e. The third-order valence-electron chi connectivity index (χ3n) is 3.05. The van der Waals surface area contributed by atoms with Gasteiger partial charge in [-0.25, -0.2) is 0 Å². The SMILES string of the molecule is COC(=O)C(C)(C)[C@@H](N)c1cc([N+](=O)[O-])ccc1O. The number of esters is 1. The molecule has 104 valence electrons. The van der Waals surface area contributed by atoms with Crippen molar-refractivity contribution in [3.05, 3.63) is 33.9 Å². The molecule has 0 aromatic heterocycles. The van der Waals surface area contributed by atoms with Crippen molar-refractivity contribution in [2.75, 3.05) is 7.11 Å². The van der Waals surface area contributed by atoms with Crippen LogP contribution in [-0.4, -0.2) is 23.1 Å². The van der Waals surface area contributed by atoms with Crippen LogP contribution >= 0.6 is 0 Å². The van der Waals surface area contributed by atoms with E-state index in [0.29, 0.717) is 0 Å². The molecule has 19 heavy (non-hydrogen) atoms. The number of methoxy groups -OCH3 is 1. The first-order valence-corrected chi connectivity index (χ1v) is 5.53. The van der Waals surface area contributed by atoms with E-state index in [4.69, 9.17) is 5.73 Å². The second-order valence-corrected chi connectivity index (χ2v) is 4.69. The maximum atomic E-state index is 11.7. The Balaban J connectivity index is 3.25. The van der Waals surface area contributed by atoms with E-state index < -0.39 is 22.3 Å². The Morgan fingerprint density at radius 3 is 2.58 bits per heavy atom. The molecule has 0 saturated carbocycles. The number of nitrogens with two attached hydrogens (primary N) is 1. The van der Waals surface area contributed by atoms with Crippen molar-refractivity contribution in [2.24, 2.45) is 11.1 Å². The highest BCUT2D eigenvalue weighted by molar-refractivity contribution is 5.77. The van der Waals surface area contributed by atoms with Gasteiger partial charge < -0.3 is 15.6 Å². The number of hydrogen-bond donors (Lipinski definition) is 2. The predicted octanol–water partition coefficient (Wildman–Crippen LogP) is 1.50. The van der Waals surface area contributed by atoms with Crippen molar-refractivity contribution >= 4 is 11.7 Å². The summed E-state index contributed by atoms with van der Waals surface area (Å²) in [7, 11) is 1.23. The zero-order valence-corrected chi connectivity index (χ0v) is 10.9. The number of ether oxygens (including phenoxy) is 1. The van der Waals surface area contributed by atoms with E-state index in [1.54, 1.807) is 13.8 Å². The smallest absolute Gasteiger partial charge is 0.313 e. The average Bonchev–Trinajstić information content (AvgIpc) is 2.36. The topological polar surface area (TPSA) is 116 Å². The summed E-state index contributed by atoms with van der Waals surface area (Å²) in [5.41, 5.74) is 4.74. The van der Waals surface area contributed by atoms with Crippen molar-refractivity contribution in [1.82, 2.24) is 0 Å². The van der Waals surface area contributed by atoms with Gasteiger partial charge in [-0.05, 0) is 19.9 Å². The van der Waals surface area contributed by atoms with Crippen LogP contribution in [0.25, 0.3) is 0 Å². The molecule has 0 heterocycles. The molecule has 1 rings (SSSR count). The molecule has 3 N–H and O–H groups in total. The van der Waals surface area contributed by atoms with Crippen LogP contribution in [0.2, 0.25) is 0 Å². The number of rotatable bonds is 4. The summed E-state index contributed by atoms with van der Waals surface area (Å²) < 4.78 is 4.64. The molecule has 0 amide bonds. The number of non-ortho nitro benzene ring substituents is 1. The van der Waals surface area contributed by atoms with Gasteiger partial charge in [-0.1, -0.05) is 0 Å². The van der Waals surface area contributed by atoms with Crippen LogP contribution in [0.15, 0.2) is 18.2 Å². The van der Waals surface area contributed by atoms with Crippen LogP contribution in [0.5, 0.6) is 5.75 Å². The minimum Gasteiger partial charge on any atom is -0.508 e. The summed E-state index contributed by atoms with van der Waals surface area (Å²) in [6, 6.07) is 2.57. The molecule has 0 spiro atoms. The lowest BCUT2D eigenvalue weighted by atomic mass is 9.80. The Morgan fingerprint density at radius 1 is 1.53 bits per heavy atom. The van der Waals surface area contributed by atoms with Crippen molar-refractivity contribution in [3.63, 3.8) is 0 Å². The molecule has 0 bridgehead atoms. The fourth-order valence-corrected chi connectivity index (χ4v) is 1.68. The maximum absolute atomic E-state index is 11.7. The molecule has 0 aliphatic heterocycles. The van der Waals surface area contributed by atoms with E-state index in [2.05, 4.69) is 4.74 Å². The van der Waals surface area contributed by atoms with Crippen LogP contribution in [0.4, 0.5) is 5.69 Å². The number of hydrogen-bond acceptors (Lipinski definition) is 6. The zero-order chi connectivity index (χ0) is 14.8. The monoisotopic (exact) mass is 268 g/mol. The van der Waals surface area contributed by atoms with Crippen LogP contribution in [0, 0.1) is 15.5 Å². The van der Waals surface area contributed by atoms with Crippen molar-refractivity contribution in [1.29, 1.82) is 0 Å². The quantitative estimate of drug-likeness (QED) is 0.485. The van der Waals surface area contributed by atoms with E-state index in [9.17, 15) is 20.0 Å². The Hall–Kier alpha value is -2.15. The molecule has 0 unspecified atom stereocenters. The summed E-state index contributed by atoms with van der Waals surface area (Å²) in [6.45, 7) is 3.09. The molecule has 1 aromatic rings. The summed E-state index contributed by atoms with van der Waals surface area (Å²) in [4.78, 5) is 21.8. The van der Waals surface area contributed by atoms with Crippen molar-refractivity contribution in [2.45, 2.75) is 19.9 Å². The fourth-order valence-electron chi connectivity index (χ4n) is 1.68.